The Hall–Kier alpha value is -4.04. The second-order valence-corrected chi connectivity index (χ2v) is 8.82. The number of hydrogen-bond donors (Lipinski definition) is 3. The van der Waals surface area contributed by atoms with Crippen molar-refractivity contribution in [3.05, 3.63) is 65.0 Å². The molecule has 3 aromatic rings. The van der Waals surface area contributed by atoms with Crippen molar-refractivity contribution in [3.63, 3.8) is 0 Å². The van der Waals surface area contributed by atoms with Crippen LogP contribution in [0.4, 0.5) is 5.69 Å². The van der Waals surface area contributed by atoms with Crippen molar-refractivity contribution in [2.24, 2.45) is 0 Å². The van der Waals surface area contributed by atoms with Gasteiger partial charge in [-0.25, -0.2) is 0 Å². The number of hydrogen-bond acceptors (Lipinski definition) is 5. The largest absolute Gasteiger partial charge is 0.497 e. The zero-order valence-electron chi connectivity index (χ0n) is 22.0. The van der Waals surface area contributed by atoms with E-state index < -0.39 is 0 Å². The molecule has 1 aromatic heterocycles. The molecule has 8 nitrogen and oxygen atoms in total. The van der Waals surface area contributed by atoms with Gasteiger partial charge in [-0.2, -0.15) is 0 Å². The molecule has 4 rings (SSSR count). The molecule has 0 saturated carbocycles. The number of amides is 2. The number of methoxy groups -OCH3 is 2. The number of aryl methyl sites for hydroxylation is 1. The van der Waals surface area contributed by atoms with Crippen molar-refractivity contribution in [3.8, 4) is 22.6 Å². The molecule has 3 N–H and O–H groups in total. The lowest BCUT2D eigenvalue weighted by Crippen LogP contribution is -2.35. The Bertz CT molecular complexity index is 1340. The predicted octanol–water partition coefficient (Wildman–Crippen LogP) is 4.57. The summed E-state index contributed by atoms with van der Waals surface area (Å²) in [6.07, 6.45) is 1.81. The van der Waals surface area contributed by atoms with Crippen LogP contribution < -0.4 is 20.1 Å². The number of likely N-dealkylation sites (N-methyl/N-ethyl adjacent to an activating group) is 1. The van der Waals surface area contributed by atoms with E-state index >= 15 is 0 Å². The Labute approximate surface area is 217 Å². The molecule has 1 aliphatic heterocycles. The monoisotopic (exact) mass is 502 g/mol. The maximum Gasteiger partial charge on any atom is 0.256 e. The van der Waals surface area contributed by atoms with Crippen LogP contribution in [0.3, 0.4) is 0 Å². The number of para-hydroxylation sites is 1. The van der Waals surface area contributed by atoms with Crippen molar-refractivity contribution in [1.82, 2.24) is 15.2 Å². The van der Waals surface area contributed by atoms with Crippen LogP contribution in [0, 0.1) is 6.92 Å². The number of anilines is 1. The first-order valence-electron chi connectivity index (χ1n) is 12.5. The normalized spacial score (nSPS) is 13.6. The number of ether oxygens (including phenoxy) is 2. The fourth-order valence-corrected chi connectivity index (χ4v) is 4.71. The number of benzene rings is 2. The maximum atomic E-state index is 13.5. The van der Waals surface area contributed by atoms with Crippen LogP contribution >= 0.6 is 0 Å². The van der Waals surface area contributed by atoms with Gasteiger partial charge in [0, 0.05) is 52.9 Å². The van der Waals surface area contributed by atoms with Gasteiger partial charge in [-0.15, -0.1) is 0 Å². The van der Waals surface area contributed by atoms with Crippen molar-refractivity contribution < 1.29 is 19.1 Å². The number of nitrogens with one attached hydrogen (secondary N) is 3. The fourth-order valence-electron chi connectivity index (χ4n) is 4.71. The summed E-state index contributed by atoms with van der Waals surface area (Å²) >= 11 is 0. The number of rotatable bonds is 10. The topological polar surface area (TPSA) is 95.7 Å². The Morgan fingerprint density at radius 2 is 1.81 bits per heavy atom. The number of fused-ring (bicyclic) bond motifs is 1. The summed E-state index contributed by atoms with van der Waals surface area (Å²) in [7, 11) is 3.18. The summed E-state index contributed by atoms with van der Waals surface area (Å²) in [5.74, 6) is 0.828. The minimum Gasteiger partial charge on any atom is -0.497 e. The van der Waals surface area contributed by atoms with Gasteiger partial charge in [0.1, 0.15) is 11.5 Å². The molecular weight excluding hydrogens is 468 g/mol. The van der Waals surface area contributed by atoms with Crippen molar-refractivity contribution in [1.29, 1.82) is 0 Å². The lowest BCUT2D eigenvalue weighted by molar-refractivity contribution is -0.110. The minimum atomic E-state index is -0.189. The standard InChI is InChI=1S/C29H34N4O4/c1-6-33(7-2)15-14-30-29(35)26-18(3)31-24(17-22-20-10-8-9-11-23(20)32-28(22)34)27(26)21-13-12-19(36-4)16-25(21)37-5/h8-13,16-17,31H,6-7,14-15H2,1-5H3,(H,30,35)(H,32,34). The molecule has 2 amide bonds. The van der Waals surface area contributed by atoms with Gasteiger partial charge in [-0.3, -0.25) is 9.59 Å². The number of nitrogens with zero attached hydrogens (tertiary/aromatic N) is 1. The highest BCUT2D eigenvalue weighted by atomic mass is 16.5. The molecule has 37 heavy (non-hydrogen) atoms. The molecule has 0 fully saturated rings. The molecular formula is C29H34N4O4. The van der Waals surface area contributed by atoms with E-state index in [1.807, 2.05) is 43.3 Å². The number of aromatic nitrogens is 1. The molecule has 0 unspecified atom stereocenters. The van der Waals surface area contributed by atoms with E-state index in [0.29, 0.717) is 46.1 Å². The Kier molecular flexibility index (Phi) is 7.98. The number of carbonyl (C=O) groups excluding carboxylic acids is 2. The third kappa shape index (κ3) is 5.24. The van der Waals surface area contributed by atoms with Gasteiger partial charge >= 0.3 is 0 Å². The van der Waals surface area contributed by atoms with E-state index in [-0.39, 0.29) is 11.8 Å². The lowest BCUT2D eigenvalue weighted by atomic mass is 9.96. The number of aromatic amines is 1. The highest BCUT2D eigenvalue weighted by Gasteiger charge is 2.28. The molecule has 0 bridgehead atoms. The van der Waals surface area contributed by atoms with E-state index in [0.717, 1.165) is 36.4 Å². The van der Waals surface area contributed by atoms with Gasteiger partial charge in [0.2, 0.25) is 0 Å². The Morgan fingerprint density at radius 1 is 1.05 bits per heavy atom. The zero-order valence-corrected chi connectivity index (χ0v) is 22.0. The molecule has 0 atom stereocenters. The lowest BCUT2D eigenvalue weighted by Gasteiger charge is -2.18. The third-order valence-corrected chi connectivity index (χ3v) is 6.73. The molecule has 2 heterocycles. The van der Waals surface area contributed by atoms with E-state index in [4.69, 9.17) is 9.47 Å². The summed E-state index contributed by atoms with van der Waals surface area (Å²) in [6, 6.07) is 13.0. The quantitative estimate of drug-likeness (QED) is 0.353. The van der Waals surface area contributed by atoms with Crippen LogP contribution in [-0.4, -0.2) is 62.1 Å². The van der Waals surface area contributed by atoms with Crippen LogP contribution in [0.5, 0.6) is 11.5 Å². The van der Waals surface area contributed by atoms with Crippen molar-refractivity contribution >= 4 is 29.2 Å². The summed E-state index contributed by atoms with van der Waals surface area (Å²) in [4.78, 5) is 32.0. The van der Waals surface area contributed by atoms with E-state index in [9.17, 15) is 9.59 Å². The first-order valence-corrected chi connectivity index (χ1v) is 12.5. The molecule has 1 aliphatic rings. The highest BCUT2D eigenvalue weighted by molar-refractivity contribution is 6.35. The minimum absolute atomic E-state index is 0.185. The Morgan fingerprint density at radius 3 is 2.51 bits per heavy atom. The van der Waals surface area contributed by atoms with Crippen LogP contribution in [0.2, 0.25) is 0 Å². The molecule has 194 valence electrons. The molecule has 2 aromatic carbocycles. The number of carbonyl (C=O) groups is 2. The van der Waals surface area contributed by atoms with E-state index in [1.54, 1.807) is 26.4 Å². The van der Waals surface area contributed by atoms with Gasteiger partial charge in [-0.1, -0.05) is 32.0 Å². The smallest absolute Gasteiger partial charge is 0.256 e. The first kappa shape index (κ1) is 26.0. The van der Waals surface area contributed by atoms with Crippen LogP contribution in [0.15, 0.2) is 42.5 Å². The van der Waals surface area contributed by atoms with Gasteiger partial charge in [-0.05, 0) is 44.3 Å². The number of H-pyrrole nitrogens is 1. The predicted molar refractivity (Wildman–Crippen MR) is 147 cm³/mol. The summed E-state index contributed by atoms with van der Waals surface area (Å²) in [5.41, 5.74) is 5.36. The first-order chi connectivity index (χ1) is 17.9. The van der Waals surface area contributed by atoms with Gasteiger partial charge < -0.3 is 30.0 Å². The molecule has 0 spiro atoms. The molecule has 8 heteroatoms. The average molecular weight is 503 g/mol. The fraction of sp³-hybridized carbons (Fsp3) is 0.310. The van der Waals surface area contributed by atoms with E-state index in [1.165, 1.54) is 0 Å². The van der Waals surface area contributed by atoms with Crippen LogP contribution in [-0.2, 0) is 4.79 Å². The summed E-state index contributed by atoms with van der Waals surface area (Å²) < 4.78 is 11.1. The van der Waals surface area contributed by atoms with Gasteiger partial charge in [0.15, 0.2) is 0 Å². The van der Waals surface area contributed by atoms with Crippen LogP contribution in [0.1, 0.15) is 41.2 Å². The van der Waals surface area contributed by atoms with Gasteiger partial charge in [0.25, 0.3) is 11.8 Å². The average Bonchev–Trinajstić information content (AvgIpc) is 3.41. The zero-order chi connectivity index (χ0) is 26.5. The SMILES string of the molecule is CCN(CC)CCNC(=O)c1c(C)[nH]c(C=C2C(=O)Nc3ccccc32)c1-c1ccc(OC)cc1OC. The highest BCUT2D eigenvalue weighted by Crippen LogP contribution is 2.41. The molecule has 0 radical (unpaired) electrons. The van der Waals surface area contributed by atoms with Gasteiger partial charge in [0.05, 0.1) is 25.4 Å². The summed E-state index contributed by atoms with van der Waals surface area (Å²) in [5, 5.41) is 5.99. The maximum absolute atomic E-state index is 13.5. The second kappa shape index (κ2) is 11.3. The third-order valence-electron chi connectivity index (χ3n) is 6.73. The second-order valence-electron chi connectivity index (χ2n) is 8.82. The van der Waals surface area contributed by atoms with Crippen molar-refractivity contribution in [2.75, 3.05) is 45.7 Å². The molecule has 0 aliphatic carbocycles. The summed E-state index contributed by atoms with van der Waals surface area (Å²) in [6.45, 7) is 9.20. The molecule has 0 saturated heterocycles. The van der Waals surface area contributed by atoms with Crippen LogP contribution in [0.25, 0.3) is 22.8 Å². The van der Waals surface area contributed by atoms with E-state index in [2.05, 4.69) is 34.4 Å². The Balaban J connectivity index is 1.83. The van der Waals surface area contributed by atoms with Crippen molar-refractivity contribution in [2.45, 2.75) is 20.8 Å².